The van der Waals surface area contributed by atoms with Crippen LogP contribution in [-0.2, 0) is 17.0 Å². The van der Waals surface area contributed by atoms with Crippen LogP contribution in [0, 0.1) is 5.41 Å². The van der Waals surface area contributed by atoms with Crippen LogP contribution in [-0.4, -0.2) is 15.9 Å². The van der Waals surface area contributed by atoms with Crippen molar-refractivity contribution in [2.75, 3.05) is 0 Å². The molecule has 4 nitrogen and oxygen atoms in total. The van der Waals surface area contributed by atoms with Crippen molar-refractivity contribution >= 4 is 29.1 Å². The van der Waals surface area contributed by atoms with Gasteiger partial charge in [-0.2, -0.15) is 4.98 Å². The van der Waals surface area contributed by atoms with Gasteiger partial charge in [0.25, 0.3) is 0 Å². The summed E-state index contributed by atoms with van der Waals surface area (Å²) in [7, 11) is 0. The summed E-state index contributed by atoms with van der Waals surface area (Å²) in [6, 6.07) is 7.58. The Bertz CT molecular complexity index is 635. The van der Waals surface area contributed by atoms with E-state index in [1.807, 2.05) is 45.0 Å². The molecular weight excluding hydrogens is 308 g/mol. The second-order valence-electron chi connectivity index (χ2n) is 5.70. The van der Waals surface area contributed by atoms with Crippen molar-refractivity contribution in [2.24, 2.45) is 5.41 Å². The number of nitrogens with zero attached hydrogens (tertiary/aromatic N) is 2. The molecule has 1 aromatic heterocycles. The lowest BCUT2D eigenvalue weighted by Crippen LogP contribution is -2.22. The number of carbonyl (C=O) groups is 1. The number of benzene rings is 1. The number of carbonyl (C=O) groups excluding carboxylic acids is 1. The highest BCUT2D eigenvalue weighted by atomic mass is 35.5. The molecule has 0 aliphatic heterocycles. The molecule has 0 amide bonds. The zero-order valence-electron chi connectivity index (χ0n) is 12.2. The standard InChI is InChI=1S/C15H17ClN2O2S/c1-15(2,3)12(19)8-14-17-13(18-20-14)9-21-11-6-4-5-10(16)7-11/h4-7H,8-9H2,1-3H3. The molecule has 21 heavy (non-hydrogen) atoms. The molecule has 1 heterocycles. The van der Waals surface area contributed by atoms with E-state index < -0.39 is 5.41 Å². The van der Waals surface area contributed by atoms with Gasteiger partial charge in [-0.05, 0) is 18.2 Å². The lowest BCUT2D eigenvalue weighted by atomic mass is 9.89. The number of ketones is 1. The van der Waals surface area contributed by atoms with Crippen LogP contribution < -0.4 is 0 Å². The normalized spacial score (nSPS) is 11.6. The van der Waals surface area contributed by atoms with Crippen LogP contribution in [0.15, 0.2) is 33.7 Å². The van der Waals surface area contributed by atoms with E-state index in [0.717, 1.165) is 4.90 Å². The summed E-state index contributed by atoms with van der Waals surface area (Å²) < 4.78 is 5.12. The Labute approximate surface area is 133 Å². The number of halogens is 1. The van der Waals surface area contributed by atoms with Gasteiger partial charge in [0.05, 0.1) is 12.2 Å². The topological polar surface area (TPSA) is 56.0 Å². The molecule has 2 aromatic rings. The van der Waals surface area contributed by atoms with Gasteiger partial charge in [-0.1, -0.05) is 43.6 Å². The van der Waals surface area contributed by atoms with Gasteiger partial charge in [0.15, 0.2) is 5.82 Å². The first kappa shape index (κ1) is 16.0. The Balaban J connectivity index is 1.93. The maximum atomic E-state index is 11.9. The second kappa shape index (κ2) is 6.62. The van der Waals surface area contributed by atoms with Crippen LogP contribution in [0.25, 0.3) is 0 Å². The molecule has 0 atom stereocenters. The van der Waals surface area contributed by atoms with E-state index in [9.17, 15) is 4.79 Å². The van der Waals surface area contributed by atoms with Gasteiger partial charge in [-0.3, -0.25) is 4.79 Å². The largest absolute Gasteiger partial charge is 0.339 e. The maximum Gasteiger partial charge on any atom is 0.234 e. The molecule has 1 aromatic carbocycles. The fourth-order valence-corrected chi connectivity index (χ4v) is 2.58. The summed E-state index contributed by atoms with van der Waals surface area (Å²) in [5.41, 5.74) is -0.399. The predicted molar refractivity (Wildman–Crippen MR) is 83.5 cm³/mol. The van der Waals surface area contributed by atoms with Crippen molar-refractivity contribution in [1.82, 2.24) is 10.1 Å². The average Bonchev–Trinajstić information content (AvgIpc) is 2.83. The minimum absolute atomic E-state index is 0.0835. The smallest absolute Gasteiger partial charge is 0.234 e. The molecule has 0 aliphatic rings. The van der Waals surface area contributed by atoms with E-state index in [0.29, 0.717) is 22.5 Å². The van der Waals surface area contributed by atoms with Crippen LogP contribution >= 0.6 is 23.4 Å². The lowest BCUT2D eigenvalue weighted by molar-refractivity contribution is -0.125. The maximum absolute atomic E-state index is 11.9. The Morgan fingerprint density at radius 3 is 2.81 bits per heavy atom. The second-order valence-corrected chi connectivity index (χ2v) is 7.19. The van der Waals surface area contributed by atoms with Crippen LogP contribution in [0.5, 0.6) is 0 Å². The first-order valence-electron chi connectivity index (χ1n) is 6.58. The summed E-state index contributed by atoms with van der Waals surface area (Å²) in [6.45, 7) is 5.63. The molecule has 0 saturated carbocycles. The zero-order valence-corrected chi connectivity index (χ0v) is 13.8. The van der Waals surface area contributed by atoms with E-state index in [2.05, 4.69) is 10.1 Å². The highest BCUT2D eigenvalue weighted by Crippen LogP contribution is 2.24. The third-order valence-corrected chi connectivity index (χ3v) is 4.05. The van der Waals surface area contributed by atoms with Gasteiger partial charge in [0.2, 0.25) is 5.89 Å². The van der Waals surface area contributed by atoms with Crippen molar-refractivity contribution < 1.29 is 9.32 Å². The van der Waals surface area contributed by atoms with Crippen LogP contribution in [0.3, 0.4) is 0 Å². The highest BCUT2D eigenvalue weighted by Gasteiger charge is 2.23. The average molecular weight is 325 g/mol. The highest BCUT2D eigenvalue weighted by molar-refractivity contribution is 7.98. The molecule has 0 bridgehead atoms. The van der Waals surface area contributed by atoms with Crippen molar-refractivity contribution in [3.05, 3.63) is 41.0 Å². The van der Waals surface area contributed by atoms with E-state index in [1.54, 1.807) is 11.8 Å². The number of rotatable bonds is 5. The summed E-state index contributed by atoms with van der Waals surface area (Å²) in [6.07, 6.45) is 0.179. The van der Waals surface area contributed by atoms with Gasteiger partial charge >= 0.3 is 0 Å². The van der Waals surface area contributed by atoms with Crippen molar-refractivity contribution in [1.29, 1.82) is 0 Å². The van der Waals surface area contributed by atoms with E-state index in [-0.39, 0.29) is 12.2 Å². The first-order valence-corrected chi connectivity index (χ1v) is 7.94. The SMILES string of the molecule is CC(C)(C)C(=O)Cc1nc(CSc2cccc(Cl)c2)no1. The van der Waals surface area contributed by atoms with Crippen LogP contribution in [0.2, 0.25) is 5.02 Å². The number of aromatic nitrogens is 2. The minimum Gasteiger partial charge on any atom is -0.339 e. The molecular formula is C15H17ClN2O2S. The van der Waals surface area contributed by atoms with E-state index in [1.165, 1.54) is 0 Å². The number of hydrogen-bond acceptors (Lipinski definition) is 5. The molecule has 0 unspecified atom stereocenters. The predicted octanol–water partition coefficient (Wildman–Crippen LogP) is 4.17. The number of hydrogen-bond donors (Lipinski definition) is 0. The Kier molecular flexibility index (Phi) is 5.06. The molecule has 0 spiro atoms. The van der Waals surface area contributed by atoms with Gasteiger partial charge in [0.1, 0.15) is 5.78 Å². The summed E-state index contributed by atoms with van der Waals surface area (Å²) in [4.78, 5) is 17.2. The molecule has 0 N–H and O–H groups in total. The van der Waals surface area contributed by atoms with Crippen LogP contribution in [0.4, 0.5) is 0 Å². The molecule has 0 fully saturated rings. The fourth-order valence-electron chi connectivity index (χ4n) is 1.53. The van der Waals surface area contributed by atoms with Gasteiger partial charge in [-0.15, -0.1) is 11.8 Å². The molecule has 112 valence electrons. The molecule has 0 radical (unpaired) electrons. The van der Waals surface area contributed by atoms with Crippen LogP contribution in [0.1, 0.15) is 32.5 Å². The first-order chi connectivity index (χ1) is 9.84. The summed E-state index contributed by atoms with van der Waals surface area (Å²) in [5.74, 6) is 1.61. The monoisotopic (exact) mass is 324 g/mol. The number of thioether (sulfide) groups is 1. The quantitative estimate of drug-likeness (QED) is 0.772. The van der Waals surface area contributed by atoms with Crippen molar-refractivity contribution in [2.45, 2.75) is 37.8 Å². The molecule has 0 saturated heterocycles. The zero-order chi connectivity index (χ0) is 15.5. The number of Topliss-reactive ketones (excluding diaryl/α,β-unsaturated/α-hetero) is 1. The molecule has 2 rings (SSSR count). The fraction of sp³-hybridized carbons (Fsp3) is 0.400. The third kappa shape index (κ3) is 4.86. The minimum atomic E-state index is -0.399. The lowest BCUT2D eigenvalue weighted by Gasteiger charge is -2.14. The van der Waals surface area contributed by atoms with E-state index in [4.69, 9.17) is 16.1 Å². The summed E-state index contributed by atoms with van der Waals surface area (Å²) >= 11 is 7.50. The Morgan fingerprint density at radius 2 is 2.14 bits per heavy atom. The Morgan fingerprint density at radius 1 is 1.38 bits per heavy atom. The van der Waals surface area contributed by atoms with Crippen molar-refractivity contribution in [3.63, 3.8) is 0 Å². The van der Waals surface area contributed by atoms with Gasteiger partial charge in [-0.25, -0.2) is 0 Å². The molecule has 6 heteroatoms. The summed E-state index contributed by atoms with van der Waals surface area (Å²) in [5, 5.41) is 4.60. The van der Waals surface area contributed by atoms with Gasteiger partial charge < -0.3 is 4.52 Å². The van der Waals surface area contributed by atoms with Crippen molar-refractivity contribution in [3.8, 4) is 0 Å². The molecule has 0 aliphatic carbocycles. The van der Waals surface area contributed by atoms with Gasteiger partial charge in [0, 0.05) is 15.3 Å². The Hall–Kier alpha value is -1.33. The third-order valence-electron chi connectivity index (χ3n) is 2.82. The van der Waals surface area contributed by atoms with E-state index >= 15 is 0 Å².